The Morgan fingerprint density at radius 1 is 1.08 bits per heavy atom. The van der Waals surface area contributed by atoms with Crippen LogP contribution in [0.5, 0.6) is 0 Å². The van der Waals surface area contributed by atoms with Gasteiger partial charge >= 0.3 is 6.03 Å². The number of halogens is 1. The van der Waals surface area contributed by atoms with Crippen LogP contribution in [0.4, 0.5) is 22.0 Å². The summed E-state index contributed by atoms with van der Waals surface area (Å²) in [4.78, 5) is 20.9. The number of anilines is 3. The summed E-state index contributed by atoms with van der Waals surface area (Å²) in [5.41, 5.74) is 1.87. The molecule has 1 aliphatic heterocycles. The third-order valence-corrected chi connectivity index (χ3v) is 4.93. The lowest BCUT2D eigenvalue weighted by Crippen LogP contribution is -2.46. The average Bonchev–Trinajstić information content (AvgIpc) is 3.46. The van der Waals surface area contributed by atoms with Crippen LogP contribution >= 0.6 is 11.6 Å². The number of carbonyl (C=O) groups is 1. The molecule has 1 saturated heterocycles. The normalized spacial score (nSPS) is 17.1. The number of piperazine rings is 1. The minimum absolute atomic E-state index is 0.155. The van der Waals surface area contributed by atoms with Gasteiger partial charge in [-0.2, -0.15) is 0 Å². The molecule has 1 aliphatic carbocycles. The van der Waals surface area contributed by atoms with Crippen molar-refractivity contribution in [1.29, 1.82) is 0 Å². The molecule has 0 radical (unpaired) electrons. The first kappa shape index (κ1) is 17.0. The Labute approximate surface area is 158 Å². The van der Waals surface area contributed by atoms with Crippen LogP contribution in [0.3, 0.4) is 0 Å². The third kappa shape index (κ3) is 4.19. The fourth-order valence-electron chi connectivity index (χ4n) is 3.09. The summed E-state index contributed by atoms with van der Waals surface area (Å²) in [6.45, 7) is 3.64. The van der Waals surface area contributed by atoms with Gasteiger partial charge in [-0.15, -0.1) is 0 Å². The summed E-state index contributed by atoms with van der Waals surface area (Å²) >= 11 is 6.09. The second-order valence-electron chi connectivity index (χ2n) is 6.73. The number of hydrogen-bond donors (Lipinski definition) is 2. The van der Waals surface area contributed by atoms with Crippen LogP contribution in [0, 0.1) is 0 Å². The van der Waals surface area contributed by atoms with Crippen molar-refractivity contribution in [2.45, 2.75) is 18.9 Å². The van der Waals surface area contributed by atoms with E-state index >= 15 is 0 Å². The minimum atomic E-state index is -0.155. The van der Waals surface area contributed by atoms with E-state index in [-0.39, 0.29) is 6.03 Å². The first-order valence-corrected chi connectivity index (χ1v) is 9.34. The number of rotatable bonds is 4. The summed E-state index contributed by atoms with van der Waals surface area (Å²) < 4.78 is 0. The van der Waals surface area contributed by atoms with E-state index in [4.69, 9.17) is 11.6 Å². The zero-order chi connectivity index (χ0) is 17.9. The number of pyridine rings is 1. The van der Waals surface area contributed by atoms with Crippen molar-refractivity contribution in [3.8, 4) is 0 Å². The molecule has 0 spiro atoms. The number of benzene rings is 1. The molecular weight excluding hydrogens is 350 g/mol. The van der Waals surface area contributed by atoms with E-state index in [0.717, 1.165) is 55.5 Å². The predicted molar refractivity (Wildman–Crippen MR) is 105 cm³/mol. The van der Waals surface area contributed by atoms with E-state index < -0.39 is 0 Å². The van der Waals surface area contributed by atoms with Gasteiger partial charge in [0.2, 0.25) is 0 Å². The van der Waals surface area contributed by atoms with Gasteiger partial charge in [-0.05, 0) is 43.2 Å². The van der Waals surface area contributed by atoms with Crippen LogP contribution in [0.25, 0.3) is 0 Å². The number of hydrogen-bond acceptors (Lipinski definition) is 4. The van der Waals surface area contributed by atoms with Crippen LogP contribution in [0.2, 0.25) is 5.02 Å². The van der Waals surface area contributed by atoms with E-state index in [2.05, 4.69) is 31.5 Å². The molecule has 2 amide bonds. The molecule has 7 heteroatoms. The maximum atomic E-state index is 11.8. The Morgan fingerprint density at radius 2 is 1.85 bits per heavy atom. The first-order chi connectivity index (χ1) is 12.7. The summed E-state index contributed by atoms with van der Waals surface area (Å²) in [7, 11) is 0. The lowest BCUT2D eigenvalue weighted by Gasteiger charge is -2.36. The number of urea groups is 1. The topological polar surface area (TPSA) is 60.5 Å². The molecule has 2 heterocycles. The quantitative estimate of drug-likeness (QED) is 0.865. The highest BCUT2D eigenvalue weighted by molar-refractivity contribution is 6.30. The first-order valence-electron chi connectivity index (χ1n) is 8.96. The summed E-state index contributed by atoms with van der Waals surface area (Å²) in [6.07, 6.45) is 3.86. The van der Waals surface area contributed by atoms with E-state index in [9.17, 15) is 4.79 Å². The van der Waals surface area contributed by atoms with Gasteiger partial charge in [0.15, 0.2) is 0 Å². The number of nitrogens with one attached hydrogen (secondary N) is 2. The number of aromatic nitrogens is 1. The molecule has 0 atom stereocenters. The molecule has 1 saturated carbocycles. The van der Waals surface area contributed by atoms with Gasteiger partial charge in [0.1, 0.15) is 5.82 Å². The zero-order valence-electron chi connectivity index (χ0n) is 14.5. The molecule has 0 unspecified atom stereocenters. The Kier molecular flexibility index (Phi) is 4.84. The highest BCUT2D eigenvalue weighted by Gasteiger charge is 2.23. The highest BCUT2D eigenvalue weighted by atomic mass is 35.5. The van der Waals surface area contributed by atoms with Crippen LogP contribution in [-0.2, 0) is 0 Å². The van der Waals surface area contributed by atoms with Gasteiger partial charge in [0.25, 0.3) is 0 Å². The van der Waals surface area contributed by atoms with Crippen molar-refractivity contribution in [1.82, 2.24) is 10.3 Å². The van der Waals surface area contributed by atoms with Crippen LogP contribution in [-0.4, -0.2) is 43.2 Å². The lowest BCUT2D eigenvalue weighted by atomic mass is 10.2. The van der Waals surface area contributed by atoms with Crippen LogP contribution in [0.1, 0.15) is 12.8 Å². The highest BCUT2D eigenvalue weighted by Crippen LogP contribution is 2.23. The van der Waals surface area contributed by atoms with Gasteiger partial charge in [0.05, 0.1) is 11.9 Å². The van der Waals surface area contributed by atoms with E-state index in [0.29, 0.717) is 11.7 Å². The Morgan fingerprint density at radius 3 is 2.50 bits per heavy atom. The lowest BCUT2D eigenvalue weighted by molar-refractivity contribution is 0.251. The van der Waals surface area contributed by atoms with E-state index in [1.165, 1.54) is 0 Å². The van der Waals surface area contributed by atoms with E-state index in [1.54, 1.807) is 6.20 Å². The van der Waals surface area contributed by atoms with Crippen molar-refractivity contribution < 1.29 is 4.79 Å². The largest absolute Gasteiger partial charge is 0.368 e. The standard InChI is InChI=1S/C19H22ClN5O/c20-14-2-1-3-17(12-14)24-8-10-25(11-9-24)18-7-6-16(13-21-18)23-19(26)22-15-4-5-15/h1-3,6-7,12-13,15H,4-5,8-11H2,(H2,22,23,26). The molecular formula is C19H22ClN5O. The second-order valence-corrected chi connectivity index (χ2v) is 7.17. The molecule has 1 aromatic carbocycles. The van der Waals surface area contributed by atoms with Gasteiger partial charge in [-0.3, -0.25) is 0 Å². The van der Waals surface area contributed by atoms with Gasteiger partial charge < -0.3 is 20.4 Å². The second kappa shape index (κ2) is 7.41. The van der Waals surface area contributed by atoms with E-state index in [1.807, 2.05) is 30.3 Å². The molecule has 1 aromatic heterocycles. The van der Waals surface area contributed by atoms with Crippen molar-refractivity contribution in [2.75, 3.05) is 41.3 Å². The maximum Gasteiger partial charge on any atom is 0.319 e. The van der Waals surface area contributed by atoms with Gasteiger partial charge in [0, 0.05) is 42.9 Å². The molecule has 2 N–H and O–H groups in total. The molecule has 4 rings (SSSR count). The minimum Gasteiger partial charge on any atom is -0.368 e. The van der Waals surface area contributed by atoms with Crippen molar-refractivity contribution in [3.05, 3.63) is 47.6 Å². The molecule has 2 aromatic rings. The monoisotopic (exact) mass is 371 g/mol. The molecule has 2 fully saturated rings. The van der Waals surface area contributed by atoms with Crippen LogP contribution in [0.15, 0.2) is 42.6 Å². The summed E-state index contributed by atoms with van der Waals surface area (Å²) in [5.74, 6) is 0.934. The third-order valence-electron chi connectivity index (χ3n) is 4.70. The molecule has 2 aliphatic rings. The van der Waals surface area contributed by atoms with Crippen molar-refractivity contribution >= 4 is 34.8 Å². The molecule has 136 valence electrons. The SMILES string of the molecule is O=C(Nc1ccc(N2CCN(c3cccc(Cl)c3)CC2)nc1)NC1CC1. The zero-order valence-corrected chi connectivity index (χ0v) is 15.2. The Bertz CT molecular complexity index is 770. The van der Waals surface area contributed by atoms with Crippen LogP contribution < -0.4 is 20.4 Å². The van der Waals surface area contributed by atoms with Gasteiger partial charge in [-0.1, -0.05) is 17.7 Å². The van der Waals surface area contributed by atoms with Gasteiger partial charge in [-0.25, -0.2) is 9.78 Å². The fourth-order valence-corrected chi connectivity index (χ4v) is 3.28. The smallest absolute Gasteiger partial charge is 0.319 e. The van der Waals surface area contributed by atoms with Crippen molar-refractivity contribution in [2.24, 2.45) is 0 Å². The Balaban J connectivity index is 1.31. The maximum absolute atomic E-state index is 11.8. The fraction of sp³-hybridized carbons (Fsp3) is 0.368. The average molecular weight is 372 g/mol. The number of amides is 2. The van der Waals surface area contributed by atoms with Crippen molar-refractivity contribution in [3.63, 3.8) is 0 Å². The molecule has 26 heavy (non-hydrogen) atoms. The Hall–Kier alpha value is -2.47. The molecule has 6 nitrogen and oxygen atoms in total. The predicted octanol–water partition coefficient (Wildman–Crippen LogP) is 3.35. The number of nitrogens with zero attached hydrogens (tertiary/aromatic N) is 3. The molecule has 0 bridgehead atoms. The summed E-state index contributed by atoms with van der Waals surface area (Å²) in [5, 5.41) is 6.49. The number of carbonyl (C=O) groups excluding carboxylic acids is 1. The summed E-state index contributed by atoms with van der Waals surface area (Å²) in [6, 6.07) is 12.0.